The Kier molecular flexibility index (Phi) is 4.95. The Morgan fingerprint density at radius 1 is 1.30 bits per heavy atom. The molecule has 0 aromatic carbocycles. The minimum absolute atomic E-state index is 0.0725. The first-order valence-corrected chi connectivity index (χ1v) is 8.46. The molecule has 0 radical (unpaired) electrons. The van der Waals surface area contributed by atoms with Crippen molar-refractivity contribution >= 4 is 17.7 Å². The Hall–Kier alpha value is -1.29. The Labute approximate surface area is 144 Å². The van der Waals surface area contributed by atoms with Gasteiger partial charge in [0.05, 0.1) is 6.54 Å². The van der Waals surface area contributed by atoms with Crippen LogP contribution >= 0.6 is 11.6 Å². The molecule has 4 nitrogen and oxygen atoms in total. The molecule has 1 aliphatic heterocycles. The fraction of sp³-hybridized carbons (Fsp3) is 0.667. The lowest BCUT2D eigenvalue weighted by Crippen LogP contribution is -2.48. The summed E-state index contributed by atoms with van der Waals surface area (Å²) >= 11 is 6.03. The minimum atomic E-state index is -0.498. The molecular formula is C18H27ClN2O2. The summed E-state index contributed by atoms with van der Waals surface area (Å²) in [5.41, 5.74) is 1.65. The van der Waals surface area contributed by atoms with E-state index in [0.717, 1.165) is 17.7 Å². The van der Waals surface area contributed by atoms with Gasteiger partial charge in [-0.3, -0.25) is 0 Å². The molecule has 0 N–H and O–H groups in total. The SMILES string of the molecule is CC(C)(C)CC1Cc2nc(Cl)ccc2CN1C(=O)OC(C)(C)C. The molecule has 1 aromatic rings. The molecule has 0 bridgehead atoms. The lowest BCUT2D eigenvalue weighted by Gasteiger charge is -2.39. The summed E-state index contributed by atoms with van der Waals surface area (Å²) in [4.78, 5) is 18.9. The topological polar surface area (TPSA) is 42.4 Å². The average molecular weight is 339 g/mol. The summed E-state index contributed by atoms with van der Waals surface area (Å²) in [5, 5.41) is 0.504. The highest BCUT2D eigenvalue weighted by molar-refractivity contribution is 6.29. The fourth-order valence-corrected chi connectivity index (χ4v) is 3.06. The third-order valence-electron chi connectivity index (χ3n) is 3.72. The standard InChI is InChI=1S/C18H27ClN2O2/c1-17(2,3)10-13-9-14-12(7-8-15(19)20-14)11-21(13)16(22)23-18(4,5)6/h7-8,13H,9-11H2,1-6H3. The van der Waals surface area contributed by atoms with Crippen LogP contribution in [0.1, 0.15) is 59.2 Å². The van der Waals surface area contributed by atoms with Crippen LogP contribution in [0.2, 0.25) is 5.15 Å². The van der Waals surface area contributed by atoms with E-state index in [1.54, 1.807) is 6.07 Å². The molecule has 0 saturated carbocycles. The molecule has 1 aromatic heterocycles. The van der Waals surface area contributed by atoms with E-state index in [2.05, 4.69) is 25.8 Å². The quantitative estimate of drug-likeness (QED) is 0.688. The summed E-state index contributed by atoms with van der Waals surface area (Å²) in [7, 11) is 0. The predicted octanol–water partition coefficient (Wildman–Crippen LogP) is 4.83. The zero-order valence-electron chi connectivity index (χ0n) is 14.9. The van der Waals surface area contributed by atoms with Crippen LogP contribution in [-0.4, -0.2) is 27.6 Å². The van der Waals surface area contributed by atoms with E-state index >= 15 is 0 Å². The second-order valence-electron chi connectivity index (χ2n) is 8.47. The summed E-state index contributed by atoms with van der Waals surface area (Å²) in [6.45, 7) is 12.7. The number of fused-ring (bicyclic) bond motifs is 1. The van der Waals surface area contributed by atoms with E-state index in [0.29, 0.717) is 18.1 Å². The number of ether oxygens (including phenoxy) is 1. The highest BCUT2D eigenvalue weighted by atomic mass is 35.5. The van der Waals surface area contributed by atoms with Crippen LogP contribution < -0.4 is 0 Å². The molecule has 1 aliphatic rings. The molecule has 0 saturated heterocycles. The lowest BCUT2D eigenvalue weighted by atomic mass is 9.84. The molecule has 0 fully saturated rings. The van der Waals surface area contributed by atoms with Crippen LogP contribution in [-0.2, 0) is 17.7 Å². The van der Waals surface area contributed by atoms with Crippen molar-refractivity contribution in [2.75, 3.05) is 0 Å². The van der Waals surface area contributed by atoms with Crippen molar-refractivity contribution < 1.29 is 9.53 Å². The largest absolute Gasteiger partial charge is 0.444 e. The van der Waals surface area contributed by atoms with Gasteiger partial charge in [0.25, 0.3) is 0 Å². The Morgan fingerprint density at radius 3 is 2.52 bits per heavy atom. The number of hydrogen-bond donors (Lipinski definition) is 0. The molecule has 5 heteroatoms. The van der Waals surface area contributed by atoms with E-state index in [1.165, 1.54) is 0 Å². The third kappa shape index (κ3) is 5.10. The summed E-state index contributed by atoms with van der Waals surface area (Å²) in [5.74, 6) is 0. The van der Waals surface area contributed by atoms with Crippen molar-refractivity contribution in [1.29, 1.82) is 0 Å². The van der Waals surface area contributed by atoms with E-state index in [4.69, 9.17) is 16.3 Å². The summed E-state index contributed by atoms with van der Waals surface area (Å²) in [6.07, 6.45) is 1.35. The number of pyridine rings is 1. The van der Waals surface area contributed by atoms with Gasteiger partial charge in [0.1, 0.15) is 10.8 Å². The second kappa shape index (κ2) is 6.31. The van der Waals surface area contributed by atoms with Crippen LogP contribution in [0.15, 0.2) is 12.1 Å². The lowest BCUT2D eigenvalue weighted by molar-refractivity contribution is 0.00722. The second-order valence-corrected chi connectivity index (χ2v) is 8.86. The molecular weight excluding hydrogens is 312 g/mol. The minimum Gasteiger partial charge on any atom is -0.444 e. The zero-order chi connectivity index (χ0) is 17.4. The predicted molar refractivity (Wildman–Crippen MR) is 92.6 cm³/mol. The van der Waals surface area contributed by atoms with E-state index in [-0.39, 0.29) is 17.6 Å². The van der Waals surface area contributed by atoms with Crippen LogP contribution in [0.3, 0.4) is 0 Å². The maximum absolute atomic E-state index is 12.6. The molecule has 128 valence electrons. The Balaban J connectivity index is 2.29. The van der Waals surface area contributed by atoms with Crippen LogP contribution in [0.4, 0.5) is 4.79 Å². The van der Waals surface area contributed by atoms with E-state index < -0.39 is 5.60 Å². The first kappa shape index (κ1) is 18.1. The van der Waals surface area contributed by atoms with Crippen LogP contribution in [0.25, 0.3) is 0 Å². The molecule has 1 atom stereocenters. The number of halogens is 1. The van der Waals surface area contributed by atoms with Gasteiger partial charge in [-0.15, -0.1) is 0 Å². The van der Waals surface area contributed by atoms with Crippen molar-refractivity contribution in [3.63, 3.8) is 0 Å². The fourth-order valence-electron chi connectivity index (χ4n) is 2.89. The molecule has 2 heterocycles. The Bertz CT molecular complexity index is 588. The number of nitrogens with zero attached hydrogens (tertiary/aromatic N) is 2. The number of aromatic nitrogens is 1. The molecule has 23 heavy (non-hydrogen) atoms. The Morgan fingerprint density at radius 2 is 1.96 bits per heavy atom. The van der Waals surface area contributed by atoms with E-state index in [1.807, 2.05) is 31.7 Å². The number of hydrogen-bond acceptors (Lipinski definition) is 3. The van der Waals surface area contributed by atoms with Gasteiger partial charge in [-0.25, -0.2) is 9.78 Å². The number of rotatable bonds is 1. The van der Waals surface area contributed by atoms with Gasteiger partial charge < -0.3 is 9.64 Å². The molecule has 1 unspecified atom stereocenters. The van der Waals surface area contributed by atoms with Gasteiger partial charge in [-0.2, -0.15) is 0 Å². The van der Waals surface area contributed by atoms with E-state index in [9.17, 15) is 4.79 Å². The van der Waals surface area contributed by atoms with Crippen molar-refractivity contribution in [2.24, 2.45) is 5.41 Å². The number of carbonyl (C=O) groups is 1. The normalized spacial score (nSPS) is 18.6. The maximum atomic E-state index is 12.6. The van der Waals surface area contributed by atoms with Crippen molar-refractivity contribution in [3.8, 4) is 0 Å². The molecule has 0 aliphatic carbocycles. The van der Waals surface area contributed by atoms with Gasteiger partial charge >= 0.3 is 6.09 Å². The van der Waals surface area contributed by atoms with Crippen molar-refractivity contribution in [2.45, 2.75) is 72.6 Å². The average Bonchev–Trinajstić information content (AvgIpc) is 2.33. The maximum Gasteiger partial charge on any atom is 0.410 e. The summed E-state index contributed by atoms with van der Waals surface area (Å²) in [6, 6.07) is 3.80. The van der Waals surface area contributed by atoms with Crippen LogP contribution in [0.5, 0.6) is 0 Å². The highest BCUT2D eigenvalue weighted by Crippen LogP contribution is 2.32. The first-order valence-electron chi connectivity index (χ1n) is 8.08. The number of carbonyl (C=O) groups excluding carboxylic acids is 1. The van der Waals surface area contributed by atoms with Crippen LogP contribution in [0, 0.1) is 5.41 Å². The zero-order valence-corrected chi connectivity index (χ0v) is 15.7. The highest BCUT2D eigenvalue weighted by Gasteiger charge is 2.35. The van der Waals surface area contributed by atoms with Gasteiger partial charge in [0.2, 0.25) is 0 Å². The van der Waals surface area contributed by atoms with Crippen molar-refractivity contribution in [1.82, 2.24) is 9.88 Å². The monoisotopic (exact) mass is 338 g/mol. The third-order valence-corrected chi connectivity index (χ3v) is 3.93. The molecule has 1 amide bonds. The van der Waals surface area contributed by atoms with Gasteiger partial charge in [0, 0.05) is 18.2 Å². The first-order chi connectivity index (χ1) is 10.4. The van der Waals surface area contributed by atoms with Gasteiger partial charge in [-0.05, 0) is 44.2 Å². The smallest absolute Gasteiger partial charge is 0.410 e. The molecule has 2 rings (SSSR count). The number of amides is 1. The van der Waals surface area contributed by atoms with Gasteiger partial charge in [0.15, 0.2) is 0 Å². The van der Waals surface area contributed by atoms with Crippen molar-refractivity contribution in [3.05, 3.63) is 28.5 Å². The van der Waals surface area contributed by atoms with Gasteiger partial charge in [-0.1, -0.05) is 38.4 Å². The molecule has 0 spiro atoms. The summed E-state index contributed by atoms with van der Waals surface area (Å²) < 4.78 is 5.60.